The zero-order valence-electron chi connectivity index (χ0n) is 13.2. The van der Waals surface area contributed by atoms with Gasteiger partial charge in [0.05, 0.1) is 19.8 Å². The monoisotopic (exact) mass is 304 g/mol. The molecule has 3 heterocycles. The van der Waals surface area contributed by atoms with Crippen molar-refractivity contribution in [3.63, 3.8) is 0 Å². The molecule has 6 nitrogen and oxygen atoms in total. The zero-order valence-corrected chi connectivity index (χ0v) is 13.2. The normalized spacial score (nSPS) is 20.2. The van der Waals surface area contributed by atoms with Crippen LogP contribution in [0.15, 0.2) is 18.2 Å². The molecule has 22 heavy (non-hydrogen) atoms. The Hall–Kier alpha value is -1.66. The highest BCUT2D eigenvalue weighted by Crippen LogP contribution is 2.14. The summed E-state index contributed by atoms with van der Waals surface area (Å²) in [6.45, 7) is 8.98. The van der Waals surface area contributed by atoms with Crippen LogP contribution in [0.1, 0.15) is 5.69 Å². The summed E-state index contributed by atoms with van der Waals surface area (Å²) >= 11 is 0. The predicted molar refractivity (Wildman–Crippen MR) is 85.0 cm³/mol. The first-order valence-electron chi connectivity index (χ1n) is 7.99. The van der Waals surface area contributed by atoms with Gasteiger partial charge in [0.25, 0.3) is 0 Å². The molecular weight excluding hydrogens is 280 g/mol. The summed E-state index contributed by atoms with van der Waals surface area (Å²) in [6.07, 6.45) is 0. The van der Waals surface area contributed by atoms with Crippen molar-refractivity contribution in [2.45, 2.75) is 6.92 Å². The number of anilines is 1. The van der Waals surface area contributed by atoms with Crippen LogP contribution < -0.4 is 4.90 Å². The molecule has 0 saturated carbocycles. The first-order valence-corrected chi connectivity index (χ1v) is 7.99. The number of piperazine rings is 1. The Labute approximate surface area is 131 Å². The van der Waals surface area contributed by atoms with E-state index in [1.165, 1.54) is 0 Å². The third-order valence-electron chi connectivity index (χ3n) is 4.29. The molecule has 0 aliphatic carbocycles. The number of hydrogen-bond acceptors (Lipinski definition) is 5. The summed E-state index contributed by atoms with van der Waals surface area (Å²) in [6, 6.07) is 6.08. The van der Waals surface area contributed by atoms with Crippen molar-refractivity contribution < 1.29 is 9.53 Å². The minimum Gasteiger partial charge on any atom is -0.379 e. The number of pyridine rings is 1. The van der Waals surface area contributed by atoms with Crippen LogP contribution in [0.3, 0.4) is 0 Å². The van der Waals surface area contributed by atoms with Crippen molar-refractivity contribution in [3.8, 4) is 0 Å². The maximum Gasteiger partial charge on any atom is 0.236 e. The van der Waals surface area contributed by atoms with Gasteiger partial charge in [-0.05, 0) is 19.1 Å². The molecule has 0 unspecified atom stereocenters. The van der Waals surface area contributed by atoms with Crippen LogP contribution in [0.4, 0.5) is 5.82 Å². The first kappa shape index (κ1) is 15.2. The molecule has 0 atom stereocenters. The van der Waals surface area contributed by atoms with Gasteiger partial charge >= 0.3 is 0 Å². The standard InChI is InChI=1S/C16H24N4O2/c1-14-3-2-4-15(17-14)19-5-7-20(8-6-19)16(21)13-18-9-11-22-12-10-18/h2-4H,5-13H2,1H3. The number of rotatable bonds is 3. The molecule has 2 aliphatic heterocycles. The van der Waals surface area contributed by atoms with E-state index in [1.807, 2.05) is 30.0 Å². The smallest absolute Gasteiger partial charge is 0.236 e. The van der Waals surface area contributed by atoms with Crippen molar-refractivity contribution in [1.29, 1.82) is 0 Å². The largest absolute Gasteiger partial charge is 0.379 e. The van der Waals surface area contributed by atoms with E-state index in [0.717, 1.165) is 64.0 Å². The van der Waals surface area contributed by atoms with Gasteiger partial charge in [0.15, 0.2) is 0 Å². The van der Waals surface area contributed by atoms with Gasteiger partial charge in [-0.15, -0.1) is 0 Å². The van der Waals surface area contributed by atoms with Crippen molar-refractivity contribution in [1.82, 2.24) is 14.8 Å². The zero-order chi connectivity index (χ0) is 15.4. The number of hydrogen-bond donors (Lipinski definition) is 0. The fraction of sp³-hybridized carbons (Fsp3) is 0.625. The predicted octanol–water partition coefficient (Wildman–Crippen LogP) is 0.371. The van der Waals surface area contributed by atoms with E-state index in [-0.39, 0.29) is 5.91 Å². The fourth-order valence-corrected chi connectivity index (χ4v) is 2.94. The van der Waals surface area contributed by atoms with E-state index < -0.39 is 0 Å². The Balaban J connectivity index is 1.49. The van der Waals surface area contributed by atoms with Gasteiger partial charge in [-0.25, -0.2) is 4.98 Å². The van der Waals surface area contributed by atoms with Gasteiger partial charge in [-0.2, -0.15) is 0 Å². The molecule has 2 fully saturated rings. The van der Waals surface area contributed by atoms with E-state index >= 15 is 0 Å². The number of aromatic nitrogens is 1. The second-order valence-electron chi connectivity index (χ2n) is 5.89. The number of carbonyl (C=O) groups is 1. The Bertz CT molecular complexity index is 509. The molecule has 0 bridgehead atoms. The highest BCUT2D eigenvalue weighted by Gasteiger charge is 2.24. The van der Waals surface area contributed by atoms with Crippen LogP contribution >= 0.6 is 0 Å². The number of aryl methyl sites for hydroxylation is 1. The summed E-state index contributed by atoms with van der Waals surface area (Å²) in [5.41, 5.74) is 1.03. The van der Waals surface area contributed by atoms with Crippen molar-refractivity contribution in [2.24, 2.45) is 0 Å². The molecule has 1 amide bonds. The van der Waals surface area contributed by atoms with Crippen LogP contribution in [0.5, 0.6) is 0 Å². The second kappa shape index (κ2) is 7.07. The molecule has 1 aromatic rings. The number of ether oxygens (including phenoxy) is 1. The Morgan fingerprint density at radius 2 is 1.86 bits per heavy atom. The average molecular weight is 304 g/mol. The molecule has 120 valence electrons. The summed E-state index contributed by atoms with van der Waals surface area (Å²) in [7, 11) is 0. The number of amides is 1. The summed E-state index contributed by atoms with van der Waals surface area (Å²) in [5.74, 6) is 1.25. The second-order valence-corrected chi connectivity index (χ2v) is 5.89. The molecule has 0 N–H and O–H groups in total. The SMILES string of the molecule is Cc1cccc(N2CCN(C(=O)CN3CCOCC3)CC2)n1. The lowest BCUT2D eigenvalue weighted by Gasteiger charge is -2.37. The van der Waals surface area contributed by atoms with Crippen LogP contribution in [0.2, 0.25) is 0 Å². The lowest BCUT2D eigenvalue weighted by molar-refractivity contribution is -0.133. The van der Waals surface area contributed by atoms with Crippen LogP contribution in [0, 0.1) is 6.92 Å². The molecule has 2 saturated heterocycles. The maximum atomic E-state index is 12.4. The number of carbonyl (C=O) groups excluding carboxylic acids is 1. The molecule has 0 radical (unpaired) electrons. The van der Waals surface area contributed by atoms with Gasteiger partial charge in [0, 0.05) is 45.0 Å². The van der Waals surface area contributed by atoms with Gasteiger partial charge in [0.2, 0.25) is 5.91 Å². The lowest BCUT2D eigenvalue weighted by Crippen LogP contribution is -2.52. The molecule has 3 rings (SSSR count). The van der Waals surface area contributed by atoms with E-state index in [9.17, 15) is 4.79 Å². The van der Waals surface area contributed by atoms with E-state index in [1.54, 1.807) is 0 Å². The van der Waals surface area contributed by atoms with Gasteiger partial charge in [-0.1, -0.05) is 6.07 Å². The number of morpholine rings is 1. The summed E-state index contributed by atoms with van der Waals surface area (Å²) < 4.78 is 5.32. The van der Waals surface area contributed by atoms with Crippen LogP contribution in [0.25, 0.3) is 0 Å². The highest BCUT2D eigenvalue weighted by molar-refractivity contribution is 5.78. The highest BCUT2D eigenvalue weighted by atomic mass is 16.5. The fourth-order valence-electron chi connectivity index (χ4n) is 2.94. The minimum absolute atomic E-state index is 0.235. The maximum absolute atomic E-state index is 12.4. The van der Waals surface area contributed by atoms with Crippen LogP contribution in [-0.4, -0.2) is 79.7 Å². The Morgan fingerprint density at radius 3 is 2.55 bits per heavy atom. The molecule has 0 aromatic carbocycles. The topological polar surface area (TPSA) is 48.9 Å². The van der Waals surface area contributed by atoms with Gasteiger partial charge in [-0.3, -0.25) is 9.69 Å². The molecule has 6 heteroatoms. The van der Waals surface area contributed by atoms with E-state index in [0.29, 0.717) is 6.54 Å². The molecule has 0 spiro atoms. The summed E-state index contributed by atoms with van der Waals surface area (Å²) in [5, 5.41) is 0. The first-order chi connectivity index (χ1) is 10.7. The molecular formula is C16H24N4O2. The third-order valence-corrected chi connectivity index (χ3v) is 4.29. The van der Waals surface area contributed by atoms with Crippen molar-refractivity contribution >= 4 is 11.7 Å². The molecule has 1 aromatic heterocycles. The molecule has 2 aliphatic rings. The lowest BCUT2D eigenvalue weighted by atomic mass is 10.2. The number of nitrogens with zero attached hydrogens (tertiary/aromatic N) is 4. The quantitative estimate of drug-likeness (QED) is 0.807. The van der Waals surface area contributed by atoms with E-state index in [4.69, 9.17) is 4.74 Å². The Morgan fingerprint density at radius 1 is 1.14 bits per heavy atom. The van der Waals surface area contributed by atoms with Gasteiger partial charge in [0.1, 0.15) is 5.82 Å². The van der Waals surface area contributed by atoms with Gasteiger partial charge < -0.3 is 14.5 Å². The summed E-state index contributed by atoms with van der Waals surface area (Å²) in [4.78, 5) is 23.3. The third kappa shape index (κ3) is 3.75. The minimum atomic E-state index is 0.235. The average Bonchev–Trinajstić information content (AvgIpc) is 2.56. The van der Waals surface area contributed by atoms with Crippen molar-refractivity contribution in [3.05, 3.63) is 23.9 Å². The van der Waals surface area contributed by atoms with Crippen LogP contribution in [-0.2, 0) is 9.53 Å². The van der Waals surface area contributed by atoms with E-state index in [2.05, 4.69) is 14.8 Å². The van der Waals surface area contributed by atoms with Crippen molar-refractivity contribution in [2.75, 3.05) is 63.9 Å². The Kier molecular flexibility index (Phi) is 4.90.